The summed E-state index contributed by atoms with van der Waals surface area (Å²) in [5, 5.41) is 11.2. The summed E-state index contributed by atoms with van der Waals surface area (Å²) in [4.78, 5) is 4.22. The van der Waals surface area contributed by atoms with Gasteiger partial charge in [-0.2, -0.15) is 0 Å². The van der Waals surface area contributed by atoms with Crippen molar-refractivity contribution in [2.45, 2.75) is 0 Å². The zero-order chi connectivity index (χ0) is 14.1. The lowest BCUT2D eigenvalue weighted by atomic mass is 10.2. The maximum absolute atomic E-state index is 10.1. The number of furan rings is 1. The van der Waals surface area contributed by atoms with Gasteiger partial charge in [0.15, 0.2) is 11.6 Å². The van der Waals surface area contributed by atoms with Gasteiger partial charge in [0.25, 0.3) is 0 Å². The highest BCUT2D eigenvalue weighted by Gasteiger charge is 2.16. The zero-order valence-electron chi connectivity index (χ0n) is 10.4. The van der Waals surface area contributed by atoms with E-state index in [0.717, 1.165) is 0 Å². The van der Waals surface area contributed by atoms with E-state index in [1.165, 1.54) is 0 Å². The van der Waals surface area contributed by atoms with Gasteiger partial charge in [-0.25, -0.2) is 4.99 Å². The van der Waals surface area contributed by atoms with E-state index in [0.29, 0.717) is 21.7 Å². The molecule has 0 aliphatic heterocycles. The number of hydrogen-bond donors (Lipinski definition) is 2. The van der Waals surface area contributed by atoms with Crippen LogP contribution in [0.1, 0.15) is 5.76 Å². The molecule has 0 aliphatic carbocycles. The fraction of sp³-hybridized carbons (Fsp3) is 0. The fourth-order valence-corrected chi connectivity index (χ4v) is 2.09. The molecule has 5 heteroatoms. The van der Waals surface area contributed by atoms with Crippen molar-refractivity contribution in [3.8, 4) is 5.75 Å². The Bertz CT molecular complexity index is 794. The van der Waals surface area contributed by atoms with E-state index in [2.05, 4.69) is 4.99 Å². The molecule has 0 atom stereocenters. The van der Waals surface area contributed by atoms with Gasteiger partial charge < -0.3 is 15.3 Å². The summed E-state index contributed by atoms with van der Waals surface area (Å²) in [5.41, 5.74) is 7.08. The van der Waals surface area contributed by atoms with E-state index in [-0.39, 0.29) is 17.3 Å². The highest BCUT2D eigenvalue weighted by atomic mass is 35.5. The van der Waals surface area contributed by atoms with Crippen LogP contribution >= 0.6 is 11.6 Å². The number of benzene rings is 2. The van der Waals surface area contributed by atoms with Gasteiger partial charge in [0, 0.05) is 5.02 Å². The number of hydrogen-bond acceptors (Lipinski definition) is 3. The van der Waals surface area contributed by atoms with Crippen LogP contribution in [-0.2, 0) is 0 Å². The molecule has 0 radical (unpaired) electrons. The number of nitrogens with zero attached hydrogens (tertiary/aromatic N) is 1. The molecular weight excluding hydrogens is 276 g/mol. The second-order valence-electron chi connectivity index (χ2n) is 4.25. The molecule has 3 rings (SSSR count). The van der Waals surface area contributed by atoms with Gasteiger partial charge in [-0.1, -0.05) is 29.8 Å². The van der Waals surface area contributed by atoms with Crippen LogP contribution in [0.25, 0.3) is 11.0 Å². The molecule has 4 nitrogen and oxygen atoms in total. The Kier molecular flexibility index (Phi) is 3.08. The van der Waals surface area contributed by atoms with E-state index in [1.54, 1.807) is 18.2 Å². The Morgan fingerprint density at radius 2 is 1.90 bits per heavy atom. The number of aliphatic imine (C=N–C) groups is 1. The highest BCUT2D eigenvalue weighted by Crippen LogP contribution is 2.33. The van der Waals surface area contributed by atoms with Crippen LogP contribution in [0, 0.1) is 0 Å². The number of amidine groups is 1. The van der Waals surface area contributed by atoms with Gasteiger partial charge in [-0.05, 0) is 30.3 Å². The summed E-state index contributed by atoms with van der Waals surface area (Å²) < 4.78 is 5.52. The first kappa shape index (κ1) is 12.6. The van der Waals surface area contributed by atoms with Crippen molar-refractivity contribution in [1.29, 1.82) is 0 Å². The maximum Gasteiger partial charge on any atom is 0.211 e. The maximum atomic E-state index is 10.1. The van der Waals surface area contributed by atoms with Crippen molar-refractivity contribution in [3.05, 3.63) is 59.3 Å². The second-order valence-corrected chi connectivity index (χ2v) is 4.69. The third-order valence-electron chi connectivity index (χ3n) is 2.86. The molecule has 0 unspecified atom stereocenters. The molecule has 0 bridgehead atoms. The number of halogens is 1. The van der Waals surface area contributed by atoms with Gasteiger partial charge in [-0.3, -0.25) is 0 Å². The molecular formula is C15H11ClN2O2. The molecule has 1 heterocycles. The van der Waals surface area contributed by atoms with E-state index in [1.807, 2.05) is 30.3 Å². The van der Waals surface area contributed by atoms with Crippen molar-refractivity contribution < 1.29 is 9.52 Å². The molecule has 20 heavy (non-hydrogen) atoms. The molecule has 100 valence electrons. The molecule has 0 saturated carbocycles. The van der Waals surface area contributed by atoms with E-state index in [4.69, 9.17) is 21.8 Å². The van der Waals surface area contributed by atoms with Crippen LogP contribution in [0.3, 0.4) is 0 Å². The Labute approximate surface area is 120 Å². The molecule has 0 aliphatic rings. The number of rotatable bonds is 2. The predicted molar refractivity (Wildman–Crippen MR) is 79.7 cm³/mol. The average Bonchev–Trinajstić information content (AvgIpc) is 2.77. The van der Waals surface area contributed by atoms with Crippen molar-refractivity contribution >= 4 is 34.1 Å². The molecule has 3 N–H and O–H groups in total. The largest absolute Gasteiger partial charge is 0.504 e. The minimum absolute atomic E-state index is 0.0559. The standard InChI is InChI=1S/C15H11ClN2O2/c16-9-6-7-12-11(8-9)13(19)14(20-12)15(17)18-10-4-2-1-3-5-10/h1-8,19H,(H2,17,18). The summed E-state index contributed by atoms with van der Waals surface area (Å²) in [6.45, 7) is 0. The minimum atomic E-state index is -0.0559. The van der Waals surface area contributed by atoms with Crippen LogP contribution in [0.4, 0.5) is 5.69 Å². The summed E-state index contributed by atoms with van der Waals surface area (Å²) in [5.74, 6) is 0.201. The van der Waals surface area contributed by atoms with Crippen molar-refractivity contribution in [1.82, 2.24) is 0 Å². The number of aromatic hydroxyl groups is 1. The highest BCUT2D eigenvalue weighted by molar-refractivity contribution is 6.31. The normalized spacial score (nSPS) is 11.9. The first-order chi connectivity index (χ1) is 9.65. The third-order valence-corrected chi connectivity index (χ3v) is 3.10. The molecule has 3 aromatic rings. The first-order valence-electron chi connectivity index (χ1n) is 5.96. The third kappa shape index (κ3) is 2.21. The summed E-state index contributed by atoms with van der Waals surface area (Å²) in [6, 6.07) is 14.2. The Morgan fingerprint density at radius 3 is 2.65 bits per heavy atom. The number of para-hydroxylation sites is 1. The second kappa shape index (κ2) is 4.90. The van der Waals surface area contributed by atoms with Crippen LogP contribution in [0.2, 0.25) is 5.02 Å². The average molecular weight is 287 g/mol. The lowest BCUT2D eigenvalue weighted by Crippen LogP contribution is -2.11. The van der Waals surface area contributed by atoms with Crippen molar-refractivity contribution in [2.75, 3.05) is 0 Å². The van der Waals surface area contributed by atoms with E-state index >= 15 is 0 Å². The molecule has 2 aromatic carbocycles. The monoisotopic (exact) mass is 286 g/mol. The smallest absolute Gasteiger partial charge is 0.211 e. The predicted octanol–water partition coefficient (Wildman–Crippen LogP) is 3.83. The van der Waals surface area contributed by atoms with Crippen LogP contribution < -0.4 is 5.73 Å². The SMILES string of the molecule is NC(=Nc1ccccc1)c1oc2ccc(Cl)cc2c1O. The van der Waals surface area contributed by atoms with Gasteiger partial charge in [0.05, 0.1) is 11.1 Å². The fourth-order valence-electron chi connectivity index (χ4n) is 1.92. The zero-order valence-corrected chi connectivity index (χ0v) is 11.1. The van der Waals surface area contributed by atoms with Gasteiger partial charge >= 0.3 is 0 Å². The lowest BCUT2D eigenvalue weighted by Gasteiger charge is -1.97. The van der Waals surface area contributed by atoms with Gasteiger partial charge in [0.2, 0.25) is 5.76 Å². The number of fused-ring (bicyclic) bond motifs is 1. The van der Waals surface area contributed by atoms with E-state index in [9.17, 15) is 5.11 Å². The Balaban J connectivity index is 2.10. The summed E-state index contributed by atoms with van der Waals surface area (Å²) >= 11 is 5.89. The van der Waals surface area contributed by atoms with Crippen LogP contribution in [-0.4, -0.2) is 10.9 Å². The topological polar surface area (TPSA) is 71.8 Å². The van der Waals surface area contributed by atoms with Crippen LogP contribution in [0.15, 0.2) is 57.9 Å². The van der Waals surface area contributed by atoms with E-state index < -0.39 is 0 Å². The Morgan fingerprint density at radius 1 is 1.15 bits per heavy atom. The van der Waals surface area contributed by atoms with Gasteiger partial charge in [0.1, 0.15) is 5.58 Å². The van der Waals surface area contributed by atoms with Crippen molar-refractivity contribution in [3.63, 3.8) is 0 Å². The number of nitrogens with two attached hydrogens (primary N) is 1. The molecule has 1 aromatic heterocycles. The molecule has 0 saturated heterocycles. The van der Waals surface area contributed by atoms with Crippen molar-refractivity contribution in [2.24, 2.45) is 10.7 Å². The lowest BCUT2D eigenvalue weighted by molar-refractivity contribution is 0.461. The van der Waals surface area contributed by atoms with Gasteiger partial charge in [-0.15, -0.1) is 0 Å². The molecule has 0 fully saturated rings. The summed E-state index contributed by atoms with van der Waals surface area (Å²) in [7, 11) is 0. The molecule has 0 spiro atoms. The summed E-state index contributed by atoms with van der Waals surface area (Å²) in [6.07, 6.45) is 0. The molecule has 0 amide bonds. The quantitative estimate of drug-likeness (QED) is 0.555. The first-order valence-corrected chi connectivity index (χ1v) is 6.33. The van der Waals surface area contributed by atoms with Crippen LogP contribution in [0.5, 0.6) is 5.75 Å². The Hall–Kier alpha value is -2.46. The minimum Gasteiger partial charge on any atom is -0.504 e.